The van der Waals surface area contributed by atoms with E-state index in [0.29, 0.717) is 24.1 Å². The Kier molecular flexibility index (Phi) is 6.31. The molecule has 6 nitrogen and oxygen atoms in total. The normalized spacial score (nSPS) is 17.0. The summed E-state index contributed by atoms with van der Waals surface area (Å²) in [7, 11) is -3.69. The standard InChI is InChI=1S/C20H23N3O3S2/c1-3-17-19(15-8-6-14(2)7-9-15)28(25,26)23-20(17)22-13-18(24)21-11-10-16-5-4-12-27-16/h4-9,12H,3,10-11,13H2,1-2H3,(H,21,24)(H,22,23). The second-order valence-corrected chi connectivity index (χ2v) is 9.13. The molecule has 0 unspecified atom stereocenters. The number of aliphatic imine (C=N–C) groups is 1. The van der Waals surface area contributed by atoms with Gasteiger partial charge in [-0.25, -0.2) is 8.42 Å². The smallest absolute Gasteiger partial charge is 0.264 e. The Hall–Kier alpha value is -2.45. The molecule has 1 aromatic heterocycles. The van der Waals surface area contributed by atoms with Crippen LogP contribution in [-0.4, -0.2) is 33.3 Å². The van der Waals surface area contributed by atoms with E-state index in [1.807, 2.05) is 43.5 Å². The highest BCUT2D eigenvalue weighted by atomic mass is 32.2. The van der Waals surface area contributed by atoms with E-state index in [1.54, 1.807) is 23.5 Å². The van der Waals surface area contributed by atoms with Gasteiger partial charge in [-0.05, 0) is 36.8 Å². The number of benzene rings is 1. The van der Waals surface area contributed by atoms with Gasteiger partial charge >= 0.3 is 0 Å². The molecule has 0 atom stereocenters. The number of hydrogen-bond donors (Lipinski definition) is 2. The van der Waals surface area contributed by atoms with Crippen LogP contribution >= 0.6 is 11.3 Å². The number of amides is 1. The number of nitrogens with one attached hydrogen (secondary N) is 2. The van der Waals surface area contributed by atoms with Gasteiger partial charge in [0.2, 0.25) is 5.91 Å². The van der Waals surface area contributed by atoms with Gasteiger partial charge in [0.05, 0.1) is 0 Å². The van der Waals surface area contributed by atoms with Crippen LogP contribution < -0.4 is 10.0 Å². The largest absolute Gasteiger partial charge is 0.354 e. The molecule has 3 rings (SSSR count). The third kappa shape index (κ3) is 4.69. The van der Waals surface area contributed by atoms with Crippen LogP contribution in [0.5, 0.6) is 0 Å². The van der Waals surface area contributed by atoms with Crippen LogP contribution in [0.1, 0.15) is 29.3 Å². The van der Waals surface area contributed by atoms with Gasteiger partial charge in [0.1, 0.15) is 17.3 Å². The number of thiophene rings is 1. The van der Waals surface area contributed by atoms with Crippen molar-refractivity contribution in [2.45, 2.75) is 26.7 Å². The molecule has 1 amide bonds. The van der Waals surface area contributed by atoms with Gasteiger partial charge in [0.15, 0.2) is 0 Å². The second-order valence-electron chi connectivity index (χ2n) is 6.48. The quantitative estimate of drug-likeness (QED) is 0.726. The van der Waals surface area contributed by atoms with E-state index in [0.717, 1.165) is 12.0 Å². The third-order valence-corrected chi connectivity index (χ3v) is 6.80. The zero-order valence-corrected chi connectivity index (χ0v) is 17.5. The van der Waals surface area contributed by atoms with E-state index >= 15 is 0 Å². The van der Waals surface area contributed by atoms with Crippen LogP contribution in [0.3, 0.4) is 0 Å². The van der Waals surface area contributed by atoms with E-state index in [-0.39, 0.29) is 23.2 Å². The summed E-state index contributed by atoms with van der Waals surface area (Å²) in [5, 5.41) is 4.81. The maximum atomic E-state index is 12.6. The highest BCUT2D eigenvalue weighted by molar-refractivity contribution is 8.00. The van der Waals surface area contributed by atoms with Crippen molar-refractivity contribution in [3.05, 3.63) is 63.4 Å². The number of sulfonamides is 1. The molecule has 0 saturated carbocycles. The van der Waals surface area contributed by atoms with Gasteiger partial charge in [0, 0.05) is 17.0 Å². The molecule has 0 saturated heterocycles. The molecule has 148 valence electrons. The van der Waals surface area contributed by atoms with Crippen LogP contribution in [0.4, 0.5) is 0 Å². The minimum Gasteiger partial charge on any atom is -0.354 e. The summed E-state index contributed by atoms with van der Waals surface area (Å²) < 4.78 is 27.7. The fraction of sp³-hybridized carbons (Fsp3) is 0.300. The van der Waals surface area contributed by atoms with Crippen molar-refractivity contribution >= 4 is 38.0 Å². The SMILES string of the molecule is CCC1=C(c2ccc(C)cc2)S(=O)(=O)NC1=NCC(=O)NCCc1cccs1. The fourth-order valence-corrected chi connectivity index (χ4v) is 5.25. The lowest BCUT2D eigenvalue weighted by Gasteiger charge is -2.04. The first-order chi connectivity index (χ1) is 13.4. The lowest BCUT2D eigenvalue weighted by molar-refractivity contribution is -0.119. The lowest BCUT2D eigenvalue weighted by atomic mass is 10.1. The lowest BCUT2D eigenvalue weighted by Crippen LogP contribution is -2.30. The molecular weight excluding hydrogens is 394 g/mol. The molecule has 2 aromatic rings. The van der Waals surface area contributed by atoms with Gasteiger partial charge in [0.25, 0.3) is 10.0 Å². The zero-order valence-electron chi connectivity index (χ0n) is 15.9. The maximum Gasteiger partial charge on any atom is 0.264 e. The molecule has 0 spiro atoms. The topological polar surface area (TPSA) is 87.6 Å². The molecule has 1 aromatic carbocycles. The minimum absolute atomic E-state index is 0.118. The summed E-state index contributed by atoms with van der Waals surface area (Å²) in [5.74, 6) is 0.0222. The van der Waals surface area contributed by atoms with Crippen molar-refractivity contribution in [2.75, 3.05) is 13.1 Å². The molecule has 2 heterocycles. The Balaban J connectivity index is 1.72. The molecule has 0 radical (unpaired) electrons. The summed E-state index contributed by atoms with van der Waals surface area (Å²) in [4.78, 5) is 17.7. The molecule has 28 heavy (non-hydrogen) atoms. The summed E-state index contributed by atoms with van der Waals surface area (Å²) in [6, 6.07) is 11.3. The Bertz CT molecular complexity index is 1010. The average molecular weight is 418 g/mol. The zero-order chi connectivity index (χ0) is 20.1. The summed E-state index contributed by atoms with van der Waals surface area (Å²) in [5.41, 5.74) is 2.29. The molecule has 1 aliphatic rings. The number of nitrogens with zero attached hydrogens (tertiary/aromatic N) is 1. The maximum absolute atomic E-state index is 12.6. The minimum atomic E-state index is -3.69. The number of aryl methyl sites for hydroxylation is 1. The first-order valence-electron chi connectivity index (χ1n) is 9.07. The first-order valence-corrected chi connectivity index (χ1v) is 11.4. The highest BCUT2D eigenvalue weighted by Crippen LogP contribution is 2.31. The number of carbonyl (C=O) groups excluding carboxylic acids is 1. The van der Waals surface area contributed by atoms with Gasteiger partial charge in [-0.2, -0.15) is 0 Å². The van der Waals surface area contributed by atoms with Crippen molar-refractivity contribution in [2.24, 2.45) is 4.99 Å². The predicted octanol–water partition coefficient (Wildman–Crippen LogP) is 2.87. The van der Waals surface area contributed by atoms with Crippen LogP contribution in [0.15, 0.2) is 52.3 Å². The fourth-order valence-electron chi connectivity index (χ4n) is 2.99. The van der Waals surface area contributed by atoms with Crippen molar-refractivity contribution < 1.29 is 13.2 Å². The molecule has 1 aliphatic heterocycles. The van der Waals surface area contributed by atoms with E-state index in [4.69, 9.17) is 0 Å². The van der Waals surface area contributed by atoms with E-state index in [9.17, 15) is 13.2 Å². The van der Waals surface area contributed by atoms with Gasteiger partial charge in [-0.3, -0.25) is 14.5 Å². The van der Waals surface area contributed by atoms with E-state index < -0.39 is 10.0 Å². The van der Waals surface area contributed by atoms with Gasteiger partial charge in [-0.15, -0.1) is 11.3 Å². The highest BCUT2D eigenvalue weighted by Gasteiger charge is 2.33. The third-order valence-electron chi connectivity index (χ3n) is 4.38. The van der Waals surface area contributed by atoms with Crippen LogP contribution in [-0.2, 0) is 21.2 Å². The summed E-state index contributed by atoms with van der Waals surface area (Å²) in [6.45, 7) is 4.24. The van der Waals surface area contributed by atoms with Crippen molar-refractivity contribution in [3.8, 4) is 0 Å². The predicted molar refractivity (Wildman–Crippen MR) is 114 cm³/mol. The molecular formula is C20H23N3O3S2. The number of amidine groups is 1. The van der Waals surface area contributed by atoms with Crippen molar-refractivity contribution in [1.29, 1.82) is 0 Å². The first kappa shape index (κ1) is 20.3. The number of hydrogen-bond acceptors (Lipinski definition) is 5. The van der Waals surface area contributed by atoms with Crippen LogP contribution in [0, 0.1) is 6.92 Å². The van der Waals surface area contributed by atoms with Crippen molar-refractivity contribution in [3.63, 3.8) is 0 Å². The second kappa shape index (κ2) is 8.70. The van der Waals surface area contributed by atoms with E-state index in [1.165, 1.54) is 4.88 Å². The molecule has 0 fully saturated rings. The Morgan fingerprint density at radius 3 is 2.61 bits per heavy atom. The molecule has 0 aliphatic carbocycles. The Morgan fingerprint density at radius 2 is 1.96 bits per heavy atom. The van der Waals surface area contributed by atoms with Gasteiger partial charge in [-0.1, -0.05) is 42.8 Å². The van der Waals surface area contributed by atoms with Gasteiger partial charge < -0.3 is 5.32 Å². The van der Waals surface area contributed by atoms with Crippen LogP contribution in [0.25, 0.3) is 4.91 Å². The summed E-state index contributed by atoms with van der Waals surface area (Å²) in [6.07, 6.45) is 1.26. The monoisotopic (exact) mass is 417 g/mol. The Labute approximate surface area is 169 Å². The molecule has 2 N–H and O–H groups in total. The van der Waals surface area contributed by atoms with E-state index in [2.05, 4.69) is 15.0 Å². The Morgan fingerprint density at radius 1 is 1.21 bits per heavy atom. The summed E-state index contributed by atoms with van der Waals surface area (Å²) >= 11 is 1.65. The average Bonchev–Trinajstić information content (AvgIpc) is 3.26. The molecule has 0 bridgehead atoms. The molecule has 8 heteroatoms. The number of carbonyl (C=O) groups is 1. The van der Waals surface area contributed by atoms with Crippen LogP contribution in [0.2, 0.25) is 0 Å². The van der Waals surface area contributed by atoms with Crippen molar-refractivity contribution in [1.82, 2.24) is 10.0 Å². The number of rotatable bonds is 7.